The molecule has 150 valence electrons. The molecule has 6 nitrogen and oxygen atoms in total. The predicted octanol–water partition coefficient (Wildman–Crippen LogP) is 4.23. The van der Waals surface area contributed by atoms with Gasteiger partial charge in [0, 0.05) is 12.0 Å². The van der Waals surface area contributed by atoms with Gasteiger partial charge >= 0.3 is 11.8 Å². The van der Waals surface area contributed by atoms with Gasteiger partial charge in [0.15, 0.2) is 5.82 Å². The van der Waals surface area contributed by atoms with E-state index in [1.807, 2.05) is 74.5 Å². The Morgan fingerprint density at radius 1 is 0.966 bits per heavy atom. The zero-order valence-corrected chi connectivity index (χ0v) is 16.6. The topological polar surface area (TPSA) is 84.2 Å². The molecule has 0 fully saturated rings. The van der Waals surface area contributed by atoms with E-state index in [0.717, 1.165) is 12.0 Å². The van der Waals surface area contributed by atoms with E-state index in [1.165, 1.54) is 5.56 Å². The Kier molecular flexibility index (Phi) is 6.79. The summed E-state index contributed by atoms with van der Waals surface area (Å²) in [6, 6.07) is 21.0. The molecule has 0 bridgehead atoms. The second-order valence-electron chi connectivity index (χ2n) is 7.18. The highest BCUT2D eigenvalue weighted by atomic mass is 16.5. The highest BCUT2D eigenvalue weighted by Crippen LogP contribution is 2.20. The number of carbonyl (C=O) groups excluding carboxylic acids is 2. The van der Waals surface area contributed by atoms with Gasteiger partial charge in [0.2, 0.25) is 0 Å². The molecule has 0 saturated carbocycles. The summed E-state index contributed by atoms with van der Waals surface area (Å²) in [5.74, 6) is -0.460. The molecule has 0 radical (unpaired) electrons. The number of aryl methyl sites for hydroxylation is 1. The lowest BCUT2D eigenvalue weighted by molar-refractivity contribution is -0.136. The molecule has 3 rings (SSSR count). The standard InChI is InChI=1S/C23H25N3O3/c1-16(2)20-15-21(26-29-20)25-23(28)22(27)24-19(18-11-7-4-8-12-18)14-13-17-9-5-3-6-10-17/h3-12,15-16,19H,13-14H2,1-2H3,(H,24,27)(H,25,26,28). The lowest BCUT2D eigenvalue weighted by Crippen LogP contribution is -2.38. The number of nitrogens with one attached hydrogen (secondary N) is 2. The van der Waals surface area contributed by atoms with Crippen LogP contribution in [0.3, 0.4) is 0 Å². The number of anilines is 1. The van der Waals surface area contributed by atoms with E-state index in [1.54, 1.807) is 6.07 Å². The molecule has 0 aliphatic carbocycles. The number of amides is 2. The van der Waals surface area contributed by atoms with E-state index >= 15 is 0 Å². The summed E-state index contributed by atoms with van der Waals surface area (Å²) in [4.78, 5) is 24.8. The number of nitrogens with zero attached hydrogens (tertiary/aromatic N) is 1. The Morgan fingerprint density at radius 3 is 2.24 bits per heavy atom. The lowest BCUT2D eigenvalue weighted by atomic mass is 9.99. The number of hydrogen-bond acceptors (Lipinski definition) is 4. The minimum absolute atomic E-state index is 0.141. The van der Waals surface area contributed by atoms with Gasteiger partial charge in [0.05, 0.1) is 6.04 Å². The van der Waals surface area contributed by atoms with Gasteiger partial charge in [0.25, 0.3) is 0 Å². The minimum Gasteiger partial charge on any atom is -0.359 e. The average molecular weight is 391 g/mol. The summed E-state index contributed by atoms with van der Waals surface area (Å²) < 4.78 is 5.15. The Balaban J connectivity index is 1.65. The maximum Gasteiger partial charge on any atom is 0.314 e. The zero-order chi connectivity index (χ0) is 20.6. The fraction of sp³-hybridized carbons (Fsp3) is 0.261. The van der Waals surface area contributed by atoms with Crippen molar-refractivity contribution in [2.75, 3.05) is 5.32 Å². The number of rotatable bonds is 7. The quantitative estimate of drug-likeness (QED) is 0.591. The van der Waals surface area contributed by atoms with Crippen molar-refractivity contribution >= 4 is 17.6 Å². The molecule has 1 atom stereocenters. The molecule has 1 unspecified atom stereocenters. The first kappa shape index (κ1) is 20.3. The maximum atomic E-state index is 12.5. The Morgan fingerprint density at radius 2 is 1.62 bits per heavy atom. The fourth-order valence-electron chi connectivity index (χ4n) is 2.98. The average Bonchev–Trinajstić information content (AvgIpc) is 3.21. The van der Waals surface area contributed by atoms with Crippen LogP contribution in [0.5, 0.6) is 0 Å². The van der Waals surface area contributed by atoms with Gasteiger partial charge in [-0.1, -0.05) is 79.7 Å². The van der Waals surface area contributed by atoms with Crippen LogP contribution in [0.1, 0.15) is 49.1 Å². The third-order valence-corrected chi connectivity index (χ3v) is 4.62. The molecule has 29 heavy (non-hydrogen) atoms. The van der Waals surface area contributed by atoms with Gasteiger partial charge in [0.1, 0.15) is 5.76 Å². The van der Waals surface area contributed by atoms with Gasteiger partial charge in [-0.15, -0.1) is 0 Å². The Bertz CT molecular complexity index is 936. The summed E-state index contributed by atoms with van der Waals surface area (Å²) in [6.07, 6.45) is 1.46. The van der Waals surface area contributed by atoms with Gasteiger partial charge in [-0.25, -0.2) is 0 Å². The number of hydrogen-bond donors (Lipinski definition) is 2. The molecule has 6 heteroatoms. The molecule has 1 aromatic heterocycles. The van der Waals surface area contributed by atoms with Crippen LogP contribution in [0.2, 0.25) is 0 Å². The fourth-order valence-corrected chi connectivity index (χ4v) is 2.98. The monoisotopic (exact) mass is 391 g/mol. The predicted molar refractivity (Wildman–Crippen MR) is 111 cm³/mol. The van der Waals surface area contributed by atoms with E-state index in [9.17, 15) is 9.59 Å². The van der Waals surface area contributed by atoms with Crippen LogP contribution in [0.15, 0.2) is 71.3 Å². The van der Waals surface area contributed by atoms with Crippen molar-refractivity contribution in [1.82, 2.24) is 10.5 Å². The Labute approximate surface area is 170 Å². The van der Waals surface area contributed by atoms with E-state index in [0.29, 0.717) is 12.2 Å². The van der Waals surface area contributed by atoms with Gasteiger partial charge in [-0.05, 0) is 24.0 Å². The first-order valence-corrected chi connectivity index (χ1v) is 9.70. The summed E-state index contributed by atoms with van der Waals surface area (Å²) in [7, 11) is 0. The van der Waals surface area contributed by atoms with Crippen LogP contribution in [0.25, 0.3) is 0 Å². The second-order valence-corrected chi connectivity index (χ2v) is 7.18. The van der Waals surface area contributed by atoms with E-state index in [-0.39, 0.29) is 17.8 Å². The highest BCUT2D eigenvalue weighted by Gasteiger charge is 2.21. The summed E-state index contributed by atoms with van der Waals surface area (Å²) >= 11 is 0. The van der Waals surface area contributed by atoms with Gasteiger partial charge in [-0.2, -0.15) is 0 Å². The van der Waals surface area contributed by atoms with Crippen LogP contribution in [0, 0.1) is 0 Å². The van der Waals surface area contributed by atoms with Crippen molar-refractivity contribution < 1.29 is 14.1 Å². The normalized spacial score (nSPS) is 11.8. The molecule has 1 heterocycles. The molecular formula is C23H25N3O3. The van der Waals surface area contributed by atoms with Crippen molar-refractivity contribution in [3.63, 3.8) is 0 Å². The molecule has 3 aromatic rings. The van der Waals surface area contributed by atoms with Crippen LogP contribution in [-0.4, -0.2) is 17.0 Å². The Hall–Kier alpha value is -3.41. The van der Waals surface area contributed by atoms with Crippen LogP contribution in [0.4, 0.5) is 5.82 Å². The van der Waals surface area contributed by atoms with Gasteiger partial charge in [-0.3, -0.25) is 14.9 Å². The number of aromatic nitrogens is 1. The maximum absolute atomic E-state index is 12.5. The number of benzene rings is 2. The van der Waals surface area contributed by atoms with Crippen LogP contribution in [-0.2, 0) is 16.0 Å². The van der Waals surface area contributed by atoms with Crippen molar-refractivity contribution in [2.24, 2.45) is 0 Å². The van der Waals surface area contributed by atoms with Crippen molar-refractivity contribution in [3.05, 3.63) is 83.6 Å². The summed E-state index contributed by atoms with van der Waals surface area (Å²) in [5.41, 5.74) is 2.13. The first-order valence-electron chi connectivity index (χ1n) is 9.70. The third kappa shape index (κ3) is 5.78. The van der Waals surface area contributed by atoms with Gasteiger partial charge < -0.3 is 9.84 Å². The highest BCUT2D eigenvalue weighted by molar-refractivity contribution is 6.39. The third-order valence-electron chi connectivity index (χ3n) is 4.62. The van der Waals surface area contributed by atoms with Crippen molar-refractivity contribution in [3.8, 4) is 0 Å². The smallest absolute Gasteiger partial charge is 0.314 e. The zero-order valence-electron chi connectivity index (χ0n) is 16.6. The van der Waals surface area contributed by atoms with Crippen LogP contribution >= 0.6 is 0 Å². The van der Waals surface area contributed by atoms with Crippen LogP contribution < -0.4 is 10.6 Å². The van der Waals surface area contributed by atoms with E-state index in [2.05, 4.69) is 15.8 Å². The van der Waals surface area contributed by atoms with E-state index in [4.69, 9.17) is 4.52 Å². The molecule has 0 spiro atoms. The van der Waals surface area contributed by atoms with E-state index < -0.39 is 11.8 Å². The number of carbonyl (C=O) groups is 2. The molecule has 0 saturated heterocycles. The largest absolute Gasteiger partial charge is 0.359 e. The summed E-state index contributed by atoms with van der Waals surface area (Å²) in [5, 5.41) is 9.12. The van der Waals surface area contributed by atoms with Crippen molar-refractivity contribution in [1.29, 1.82) is 0 Å². The van der Waals surface area contributed by atoms with Crippen molar-refractivity contribution in [2.45, 2.75) is 38.6 Å². The SMILES string of the molecule is CC(C)c1cc(NC(=O)C(=O)NC(CCc2ccccc2)c2ccccc2)no1. The molecule has 0 aliphatic rings. The second kappa shape index (κ2) is 9.68. The molecule has 2 aromatic carbocycles. The first-order chi connectivity index (χ1) is 14.0. The molecular weight excluding hydrogens is 366 g/mol. The summed E-state index contributed by atoms with van der Waals surface area (Å²) in [6.45, 7) is 3.91. The molecule has 2 N–H and O–H groups in total. The molecule has 2 amide bonds. The minimum atomic E-state index is -0.769. The molecule has 0 aliphatic heterocycles. The lowest BCUT2D eigenvalue weighted by Gasteiger charge is -2.19.